The molecule has 1 amide bonds. The lowest BCUT2D eigenvalue weighted by Crippen LogP contribution is -2.35. The molecule has 0 aromatic carbocycles. The molecular formula is C12H15N3O5. The average molecular weight is 281 g/mol. The van der Waals surface area contributed by atoms with E-state index in [-0.39, 0.29) is 24.1 Å². The molecule has 20 heavy (non-hydrogen) atoms. The summed E-state index contributed by atoms with van der Waals surface area (Å²) in [6, 6.07) is 0.979. The highest BCUT2D eigenvalue weighted by molar-refractivity contribution is 5.78. The number of hydrogen-bond donors (Lipinski definition) is 4. The van der Waals surface area contributed by atoms with Crippen LogP contribution in [0, 0.1) is 5.92 Å². The molecule has 1 aliphatic carbocycles. The van der Waals surface area contributed by atoms with Crippen LogP contribution in [0.25, 0.3) is 0 Å². The zero-order valence-corrected chi connectivity index (χ0v) is 10.6. The summed E-state index contributed by atoms with van der Waals surface area (Å²) in [4.78, 5) is 49.1. The maximum atomic E-state index is 11.8. The quantitative estimate of drug-likeness (QED) is 0.560. The van der Waals surface area contributed by atoms with Crippen molar-refractivity contribution < 1.29 is 14.7 Å². The van der Waals surface area contributed by atoms with Gasteiger partial charge in [-0.05, 0) is 19.3 Å². The summed E-state index contributed by atoms with van der Waals surface area (Å²) in [6.07, 6.45) is 1.46. The molecule has 0 aliphatic heterocycles. The number of aromatic nitrogens is 2. The van der Waals surface area contributed by atoms with Gasteiger partial charge in [-0.15, -0.1) is 0 Å². The third-order valence-electron chi connectivity index (χ3n) is 3.31. The Balaban J connectivity index is 1.91. The fourth-order valence-corrected chi connectivity index (χ4v) is 2.40. The zero-order chi connectivity index (χ0) is 14.7. The lowest BCUT2D eigenvalue weighted by Gasteiger charge is -2.12. The molecule has 2 rings (SSSR count). The molecule has 0 bridgehead atoms. The Bertz CT molecular complexity index is 604. The van der Waals surface area contributed by atoms with Gasteiger partial charge in [-0.3, -0.25) is 19.4 Å². The molecule has 8 nitrogen and oxygen atoms in total. The van der Waals surface area contributed by atoms with Gasteiger partial charge in [0.25, 0.3) is 5.56 Å². The van der Waals surface area contributed by atoms with Crippen LogP contribution < -0.4 is 16.6 Å². The molecule has 0 spiro atoms. The number of carbonyl (C=O) groups is 2. The van der Waals surface area contributed by atoms with E-state index in [4.69, 9.17) is 5.11 Å². The highest BCUT2D eigenvalue weighted by atomic mass is 16.4. The highest BCUT2D eigenvalue weighted by Gasteiger charge is 2.30. The zero-order valence-electron chi connectivity index (χ0n) is 10.6. The Morgan fingerprint density at radius 1 is 1.30 bits per heavy atom. The molecule has 1 aromatic heterocycles. The molecule has 1 aliphatic rings. The van der Waals surface area contributed by atoms with Gasteiger partial charge in [0.1, 0.15) is 0 Å². The summed E-state index contributed by atoms with van der Waals surface area (Å²) >= 11 is 0. The van der Waals surface area contributed by atoms with E-state index < -0.39 is 23.1 Å². The number of carbonyl (C=O) groups excluding carboxylic acids is 1. The maximum Gasteiger partial charge on any atom is 0.325 e. The van der Waals surface area contributed by atoms with Gasteiger partial charge in [-0.1, -0.05) is 0 Å². The smallest absolute Gasteiger partial charge is 0.325 e. The minimum atomic E-state index is -0.847. The number of rotatable bonds is 4. The van der Waals surface area contributed by atoms with Gasteiger partial charge in [0.05, 0.1) is 12.3 Å². The number of aromatic amines is 2. The van der Waals surface area contributed by atoms with Gasteiger partial charge in [-0.25, -0.2) is 4.79 Å². The lowest BCUT2D eigenvalue weighted by molar-refractivity contribution is -0.141. The van der Waals surface area contributed by atoms with Gasteiger partial charge in [0.2, 0.25) is 5.91 Å². The number of hydrogen-bond acceptors (Lipinski definition) is 4. The van der Waals surface area contributed by atoms with Crippen molar-refractivity contribution in [3.8, 4) is 0 Å². The summed E-state index contributed by atoms with van der Waals surface area (Å²) < 4.78 is 0. The van der Waals surface area contributed by atoms with Gasteiger partial charge >= 0.3 is 11.7 Å². The number of H-pyrrole nitrogens is 2. The molecule has 2 atom stereocenters. The Kier molecular flexibility index (Phi) is 4.02. The highest BCUT2D eigenvalue weighted by Crippen LogP contribution is 2.25. The normalized spacial score (nSPS) is 21.6. The second-order valence-electron chi connectivity index (χ2n) is 4.90. The molecule has 1 aromatic rings. The molecule has 2 unspecified atom stereocenters. The van der Waals surface area contributed by atoms with E-state index in [2.05, 4.69) is 10.3 Å². The van der Waals surface area contributed by atoms with Crippen LogP contribution in [-0.4, -0.2) is 33.0 Å². The van der Waals surface area contributed by atoms with Crippen LogP contribution in [0.2, 0.25) is 0 Å². The topological polar surface area (TPSA) is 132 Å². The van der Waals surface area contributed by atoms with Crippen LogP contribution in [-0.2, 0) is 16.0 Å². The maximum absolute atomic E-state index is 11.8. The number of amides is 1. The predicted octanol–water partition coefficient (Wildman–Crippen LogP) is -1.02. The third kappa shape index (κ3) is 3.56. The van der Waals surface area contributed by atoms with Crippen molar-refractivity contribution in [3.63, 3.8) is 0 Å². The summed E-state index contributed by atoms with van der Waals surface area (Å²) in [6.45, 7) is 0. The molecular weight excluding hydrogens is 266 g/mol. The van der Waals surface area contributed by atoms with Crippen molar-refractivity contribution in [1.29, 1.82) is 0 Å². The van der Waals surface area contributed by atoms with Crippen molar-refractivity contribution in [2.24, 2.45) is 5.92 Å². The Hall–Kier alpha value is -2.38. The van der Waals surface area contributed by atoms with E-state index in [0.717, 1.165) is 6.07 Å². The van der Waals surface area contributed by atoms with E-state index in [9.17, 15) is 19.2 Å². The Labute approximate surface area is 113 Å². The van der Waals surface area contributed by atoms with E-state index in [1.807, 2.05) is 4.98 Å². The minimum Gasteiger partial charge on any atom is -0.481 e. The molecule has 4 N–H and O–H groups in total. The number of carboxylic acid groups (broad SMARTS) is 1. The van der Waals surface area contributed by atoms with Gasteiger partial charge in [0.15, 0.2) is 0 Å². The number of carboxylic acids is 1. The van der Waals surface area contributed by atoms with E-state index in [0.29, 0.717) is 19.3 Å². The molecule has 1 saturated carbocycles. The second-order valence-corrected chi connectivity index (χ2v) is 4.90. The summed E-state index contributed by atoms with van der Waals surface area (Å²) in [5, 5.41) is 11.6. The van der Waals surface area contributed by atoms with Crippen molar-refractivity contribution >= 4 is 11.9 Å². The SMILES string of the molecule is O=C(Cc1cc(=O)[nH]c(=O)[nH]1)NC1CCC(C(=O)O)C1. The largest absolute Gasteiger partial charge is 0.481 e. The predicted molar refractivity (Wildman–Crippen MR) is 68.3 cm³/mol. The van der Waals surface area contributed by atoms with Crippen molar-refractivity contribution in [2.75, 3.05) is 0 Å². The van der Waals surface area contributed by atoms with Crippen LogP contribution in [0.1, 0.15) is 25.0 Å². The first-order valence-corrected chi connectivity index (χ1v) is 6.28. The first-order chi connectivity index (χ1) is 9.44. The van der Waals surface area contributed by atoms with Crippen molar-refractivity contribution in [3.05, 3.63) is 32.6 Å². The fraction of sp³-hybridized carbons (Fsp3) is 0.500. The molecule has 1 fully saturated rings. The molecule has 108 valence electrons. The minimum absolute atomic E-state index is 0.118. The third-order valence-corrected chi connectivity index (χ3v) is 3.31. The van der Waals surface area contributed by atoms with Crippen LogP contribution in [0.4, 0.5) is 0 Å². The van der Waals surface area contributed by atoms with Crippen LogP contribution in [0.15, 0.2) is 15.7 Å². The van der Waals surface area contributed by atoms with Crippen LogP contribution in [0.3, 0.4) is 0 Å². The molecule has 8 heteroatoms. The monoisotopic (exact) mass is 281 g/mol. The summed E-state index contributed by atoms with van der Waals surface area (Å²) in [7, 11) is 0. The van der Waals surface area contributed by atoms with Crippen LogP contribution >= 0.6 is 0 Å². The van der Waals surface area contributed by atoms with Gasteiger partial charge in [-0.2, -0.15) is 0 Å². The van der Waals surface area contributed by atoms with Crippen molar-refractivity contribution in [1.82, 2.24) is 15.3 Å². The summed E-state index contributed by atoms with van der Waals surface area (Å²) in [5.74, 6) is -1.61. The number of nitrogens with one attached hydrogen (secondary N) is 3. The Morgan fingerprint density at radius 3 is 2.65 bits per heavy atom. The number of aliphatic carboxylic acids is 1. The first-order valence-electron chi connectivity index (χ1n) is 6.28. The van der Waals surface area contributed by atoms with Crippen LogP contribution in [0.5, 0.6) is 0 Å². The van der Waals surface area contributed by atoms with Crippen molar-refractivity contribution in [2.45, 2.75) is 31.7 Å². The average Bonchev–Trinajstić information content (AvgIpc) is 2.75. The van der Waals surface area contributed by atoms with Gasteiger partial charge in [0, 0.05) is 17.8 Å². The molecule has 1 heterocycles. The molecule has 0 radical (unpaired) electrons. The lowest BCUT2D eigenvalue weighted by atomic mass is 10.1. The first kappa shape index (κ1) is 14.0. The Morgan fingerprint density at radius 2 is 2.05 bits per heavy atom. The standard InChI is InChI=1S/C12H15N3O5/c16-9(4-8-5-10(17)15-12(20)14-8)13-7-2-1-6(3-7)11(18)19/h5-7H,1-4H2,(H,13,16)(H,18,19)(H2,14,15,17,20). The fourth-order valence-electron chi connectivity index (χ4n) is 2.40. The van der Waals surface area contributed by atoms with E-state index >= 15 is 0 Å². The second kappa shape index (κ2) is 5.72. The summed E-state index contributed by atoms with van der Waals surface area (Å²) in [5.41, 5.74) is -1.00. The molecule has 0 saturated heterocycles. The van der Waals surface area contributed by atoms with E-state index in [1.54, 1.807) is 0 Å². The van der Waals surface area contributed by atoms with E-state index in [1.165, 1.54) is 0 Å². The van der Waals surface area contributed by atoms with Gasteiger partial charge < -0.3 is 15.4 Å².